The van der Waals surface area contributed by atoms with Crippen LogP contribution in [0, 0.1) is 6.92 Å². The molecule has 0 aromatic heterocycles. The van der Waals surface area contributed by atoms with Gasteiger partial charge in [0.15, 0.2) is 0 Å². The summed E-state index contributed by atoms with van der Waals surface area (Å²) in [6.45, 7) is 4.41. The van der Waals surface area contributed by atoms with E-state index >= 15 is 0 Å². The molecule has 3 aromatic carbocycles. The van der Waals surface area contributed by atoms with Crippen LogP contribution >= 0.6 is 0 Å². The van der Waals surface area contributed by atoms with Crippen molar-refractivity contribution in [3.63, 3.8) is 0 Å². The molecule has 0 saturated carbocycles. The molecule has 0 radical (unpaired) electrons. The lowest BCUT2D eigenvalue weighted by Gasteiger charge is -2.19. The van der Waals surface area contributed by atoms with Crippen molar-refractivity contribution in [1.82, 2.24) is 5.32 Å². The summed E-state index contributed by atoms with van der Waals surface area (Å²) in [4.78, 5) is 15.0. The second-order valence-corrected chi connectivity index (χ2v) is 9.65. The molecule has 166 valence electrons. The third-order valence-electron chi connectivity index (χ3n) is 5.60. The maximum Gasteiger partial charge on any atom is 0.261 e. The van der Waals surface area contributed by atoms with E-state index < -0.39 is 10.0 Å². The zero-order valence-electron chi connectivity index (χ0n) is 18.0. The Balaban J connectivity index is 1.26. The molecule has 4 rings (SSSR count). The topological polar surface area (TPSA) is 78.5 Å². The summed E-state index contributed by atoms with van der Waals surface area (Å²) < 4.78 is 27.5. The molecule has 0 bridgehead atoms. The van der Waals surface area contributed by atoms with Crippen LogP contribution in [0.25, 0.3) is 0 Å². The molecule has 2 N–H and O–H groups in total. The number of carbonyl (C=O) groups is 1. The van der Waals surface area contributed by atoms with E-state index in [0.29, 0.717) is 17.8 Å². The summed E-state index contributed by atoms with van der Waals surface area (Å²) in [5, 5.41) is 2.94. The van der Waals surface area contributed by atoms with Gasteiger partial charge in [-0.15, -0.1) is 0 Å². The summed E-state index contributed by atoms with van der Waals surface area (Å²) in [7, 11) is -3.67. The Labute approximate surface area is 189 Å². The molecule has 3 aromatic rings. The van der Waals surface area contributed by atoms with E-state index in [9.17, 15) is 13.2 Å². The molecule has 7 heteroatoms. The van der Waals surface area contributed by atoms with Crippen LogP contribution in [0.15, 0.2) is 77.7 Å². The number of aryl methyl sites for hydroxylation is 1. The molecular formula is C25H27N3O3S. The molecule has 32 heavy (non-hydrogen) atoms. The van der Waals surface area contributed by atoms with Crippen molar-refractivity contribution in [3.05, 3.63) is 89.5 Å². The standard InChI is InChI=1S/C25H27N3O3S/c1-19-7-13-23(14-8-19)32(30,31)27-22-11-9-21(10-12-22)25(29)26-16-4-17-28-18-15-20-5-2-3-6-24(20)28/h2-3,5-14,27H,4,15-18H2,1H3,(H,26,29). The van der Waals surface area contributed by atoms with E-state index in [0.717, 1.165) is 31.5 Å². The van der Waals surface area contributed by atoms with E-state index in [1.807, 2.05) is 6.92 Å². The van der Waals surface area contributed by atoms with Crippen LogP contribution in [0.5, 0.6) is 0 Å². The fraction of sp³-hybridized carbons (Fsp3) is 0.240. The fourth-order valence-electron chi connectivity index (χ4n) is 3.83. The van der Waals surface area contributed by atoms with E-state index in [4.69, 9.17) is 0 Å². The number of hydrogen-bond donors (Lipinski definition) is 2. The highest BCUT2D eigenvalue weighted by Gasteiger charge is 2.18. The van der Waals surface area contributed by atoms with Crippen LogP contribution in [0.4, 0.5) is 11.4 Å². The molecule has 0 aliphatic carbocycles. The lowest BCUT2D eigenvalue weighted by molar-refractivity contribution is 0.0953. The first-order valence-electron chi connectivity index (χ1n) is 10.7. The number of rotatable bonds is 8. The Hall–Kier alpha value is -3.32. The molecule has 1 amide bonds. The zero-order valence-corrected chi connectivity index (χ0v) is 18.9. The highest BCUT2D eigenvalue weighted by Crippen LogP contribution is 2.27. The van der Waals surface area contributed by atoms with E-state index in [-0.39, 0.29) is 10.8 Å². The average molecular weight is 450 g/mol. The van der Waals surface area contributed by atoms with Crippen molar-refractivity contribution in [2.45, 2.75) is 24.7 Å². The van der Waals surface area contributed by atoms with Gasteiger partial charge in [-0.25, -0.2) is 8.42 Å². The fourth-order valence-corrected chi connectivity index (χ4v) is 4.89. The third-order valence-corrected chi connectivity index (χ3v) is 7.00. The van der Waals surface area contributed by atoms with Gasteiger partial charge in [-0.1, -0.05) is 35.9 Å². The number of sulfonamides is 1. The van der Waals surface area contributed by atoms with E-state index in [1.165, 1.54) is 11.3 Å². The monoisotopic (exact) mass is 449 g/mol. The van der Waals surface area contributed by atoms with Crippen LogP contribution in [-0.2, 0) is 16.4 Å². The third kappa shape index (κ3) is 5.11. The van der Waals surface area contributed by atoms with Gasteiger partial charge in [-0.2, -0.15) is 0 Å². The Morgan fingerprint density at radius 3 is 2.44 bits per heavy atom. The van der Waals surface area contributed by atoms with Crippen molar-refractivity contribution in [2.24, 2.45) is 0 Å². The van der Waals surface area contributed by atoms with Gasteiger partial charge in [0.25, 0.3) is 15.9 Å². The normalized spacial score (nSPS) is 13.0. The number of nitrogens with zero attached hydrogens (tertiary/aromatic N) is 1. The number of anilines is 2. The number of nitrogens with one attached hydrogen (secondary N) is 2. The minimum absolute atomic E-state index is 0.167. The number of carbonyl (C=O) groups excluding carboxylic acids is 1. The summed E-state index contributed by atoms with van der Waals surface area (Å²) in [5.74, 6) is -0.167. The average Bonchev–Trinajstić information content (AvgIpc) is 3.20. The summed E-state index contributed by atoms with van der Waals surface area (Å²) in [6, 6.07) is 21.5. The first kappa shape index (κ1) is 21.9. The van der Waals surface area contributed by atoms with Gasteiger partial charge in [-0.05, 0) is 67.8 Å². The van der Waals surface area contributed by atoms with Crippen LogP contribution in [-0.4, -0.2) is 34.0 Å². The van der Waals surface area contributed by atoms with Crippen LogP contribution in [0.1, 0.15) is 27.9 Å². The Kier molecular flexibility index (Phi) is 6.46. The second kappa shape index (κ2) is 9.44. The van der Waals surface area contributed by atoms with E-state index in [1.54, 1.807) is 48.5 Å². The first-order valence-corrected chi connectivity index (χ1v) is 12.2. The van der Waals surface area contributed by atoms with Crippen LogP contribution in [0.3, 0.4) is 0 Å². The second-order valence-electron chi connectivity index (χ2n) is 7.97. The van der Waals surface area contributed by atoms with Crippen LogP contribution < -0.4 is 14.9 Å². The van der Waals surface area contributed by atoms with Crippen molar-refractivity contribution in [2.75, 3.05) is 29.3 Å². The Morgan fingerprint density at radius 2 is 1.69 bits per heavy atom. The smallest absolute Gasteiger partial charge is 0.261 e. The Bertz CT molecular complexity index is 1190. The molecule has 6 nitrogen and oxygen atoms in total. The van der Waals surface area contributed by atoms with Gasteiger partial charge in [0.2, 0.25) is 0 Å². The summed E-state index contributed by atoms with van der Waals surface area (Å²) in [5.41, 5.74) is 4.58. The number of amides is 1. The predicted molar refractivity (Wildman–Crippen MR) is 128 cm³/mol. The SMILES string of the molecule is Cc1ccc(S(=O)(=O)Nc2ccc(C(=O)NCCCN3CCc4ccccc43)cc2)cc1. The molecular weight excluding hydrogens is 422 g/mol. The van der Waals surface area contributed by atoms with E-state index in [2.05, 4.69) is 39.2 Å². The van der Waals surface area contributed by atoms with Gasteiger partial charge in [0.1, 0.15) is 0 Å². The van der Waals surface area contributed by atoms with Gasteiger partial charge >= 0.3 is 0 Å². The quantitative estimate of drug-likeness (QED) is 0.510. The highest BCUT2D eigenvalue weighted by atomic mass is 32.2. The maximum absolute atomic E-state index is 12.5. The van der Waals surface area contributed by atoms with Gasteiger partial charge in [0, 0.05) is 36.6 Å². The molecule has 0 spiro atoms. The molecule has 1 heterocycles. The molecule has 1 aliphatic rings. The minimum atomic E-state index is -3.67. The summed E-state index contributed by atoms with van der Waals surface area (Å²) >= 11 is 0. The van der Waals surface area contributed by atoms with Crippen molar-refractivity contribution >= 4 is 27.3 Å². The molecule has 0 fully saturated rings. The lowest BCUT2D eigenvalue weighted by atomic mass is 10.2. The molecule has 0 atom stereocenters. The number of hydrogen-bond acceptors (Lipinski definition) is 4. The van der Waals surface area contributed by atoms with Gasteiger partial charge in [0.05, 0.1) is 4.90 Å². The number of fused-ring (bicyclic) bond motifs is 1. The van der Waals surface area contributed by atoms with Crippen LogP contribution in [0.2, 0.25) is 0 Å². The van der Waals surface area contributed by atoms with Gasteiger partial charge in [-0.3, -0.25) is 9.52 Å². The molecule has 0 unspecified atom stereocenters. The first-order chi connectivity index (χ1) is 15.4. The number of benzene rings is 3. The minimum Gasteiger partial charge on any atom is -0.371 e. The molecule has 0 saturated heterocycles. The molecule has 1 aliphatic heterocycles. The maximum atomic E-state index is 12.5. The number of para-hydroxylation sites is 1. The Morgan fingerprint density at radius 1 is 0.969 bits per heavy atom. The van der Waals surface area contributed by atoms with Crippen molar-refractivity contribution in [1.29, 1.82) is 0 Å². The zero-order chi connectivity index (χ0) is 22.6. The lowest BCUT2D eigenvalue weighted by Crippen LogP contribution is -2.29. The highest BCUT2D eigenvalue weighted by molar-refractivity contribution is 7.92. The van der Waals surface area contributed by atoms with Crippen molar-refractivity contribution < 1.29 is 13.2 Å². The summed E-state index contributed by atoms with van der Waals surface area (Å²) in [6.07, 6.45) is 1.93. The van der Waals surface area contributed by atoms with Crippen molar-refractivity contribution in [3.8, 4) is 0 Å². The predicted octanol–water partition coefficient (Wildman–Crippen LogP) is 3.98. The largest absolute Gasteiger partial charge is 0.371 e. The van der Waals surface area contributed by atoms with Gasteiger partial charge < -0.3 is 10.2 Å².